The van der Waals surface area contributed by atoms with Crippen LogP contribution in [-0.4, -0.2) is 0 Å². The molecule has 0 unspecified atom stereocenters. The van der Waals surface area contributed by atoms with Gasteiger partial charge < -0.3 is 20.9 Å². The lowest BCUT2D eigenvalue weighted by Crippen LogP contribution is -2.22. The molecule has 0 aliphatic heterocycles. The van der Waals surface area contributed by atoms with E-state index in [0.29, 0.717) is 0 Å². The third kappa shape index (κ3) is 4.92. The molecule has 0 spiro atoms. The van der Waals surface area contributed by atoms with E-state index in [4.69, 9.17) is 20.9 Å². The van der Waals surface area contributed by atoms with E-state index in [1.165, 1.54) is 11.1 Å². The summed E-state index contributed by atoms with van der Waals surface area (Å²) in [6.45, 7) is 4.52. The van der Waals surface area contributed by atoms with Crippen molar-refractivity contribution in [3.05, 3.63) is 102 Å². The fourth-order valence-electron chi connectivity index (χ4n) is 3.71. The summed E-state index contributed by atoms with van der Waals surface area (Å²) in [6.07, 6.45) is 6.10. The monoisotopic (exact) mass is 412 g/mol. The Hall–Kier alpha value is -3.66. The molecule has 0 amide bonds. The molecule has 0 radical (unpaired) electrons. The number of nitrogen functional groups attached to an aromatic ring is 2. The zero-order chi connectivity index (χ0) is 21.8. The Labute approximate surface area is 183 Å². The molecular formula is C27H28N2O2. The topological polar surface area (TPSA) is 70.5 Å². The van der Waals surface area contributed by atoms with Gasteiger partial charge in [-0.05, 0) is 78.7 Å². The van der Waals surface area contributed by atoms with Crippen LogP contribution in [0.1, 0.15) is 32.3 Å². The van der Waals surface area contributed by atoms with E-state index in [-0.39, 0.29) is 5.41 Å². The third-order valence-electron chi connectivity index (χ3n) is 5.73. The largest absolute Gasteiger partial charge is 0.462 e. The molecule has 0 heterocycles. The number of ether oxygens (including phenoxy) is 2. The molecule has 4 rings (SSSR count). The molecule has 0 atom stereocenters. The van der Waals surface area contributed by atoms with E-state index in [1.807, 2.05) is 60.7 Å². The summed E-state index contributed by atoms with van der Waals surface area (Å²) >= 11 is 0. The van der Waals surface area contributed by atoms with Crippen LogP contribution in [0, 0.1) is 0 Å². The van der Waals surface area contributed by atoms with Crippen molar-refractivity contribution in [2.45, 2.75) is 32.1 Å². The first-order valence-electron chi connectivity index (χ1n) is 10.5. The molecule has 4 N–H and O–H groups in total. The minimum absolute atomic E-state index is 0.0804. The van der Waals surface area contributed by atoms with Gasteiger partial charge in [0.25, 0.3) is 0 Å². The van der Waals surface area contributed by atoms with E-state index in [2.05, 4.69) is 38.1 Å². The average Bonchev–Trinajstić information content (AvgIpc) is 2.78. The zero-order valence-electron chi connectivity index (χ0n) is 18.0. The lowest BCUT2D eigenvalue weighted by Gasteiger charge is -2.31. The van der Waals surface area contributed by atoms with E-state index < -0.39 is 0 Å². The predicted molar refractivity (Wildman–Crippen MR) is 127 cm³/mol. The Bertz CT molecular complexity index is 1090. The molecule has 4 nitrogen and oxygen atoms in total. The van der Waals surface area contributed by atoms with Crippen molar-refractivity contribution in [3.63, 3.8) is 0 Å². The molecule has 0 bridgehead atoms. The minimum Gasteiger partial charge on any atom is -0.462 e. The fraction of sp³-hybridized carbons (Fsp3) is 0.185. The molecule has 1 aliphatic carbocycles. The SMILES string of the molecule is CC(C)(C1=CC=C(Oc2ccc(N)cc2)CC1)c1ccc(Oc2ccc(N)cc2)cc1. The van der Waals surface area contributed by atoms with Crippen molar-refractivity contribution in [2.24, 2.45) is 0 Å². The highest BCUT2D eigenvalue weighted by Gasteiger charge is 2.27. The second-order valence-corrected chi connectivity index (χ2v) is 8.32. The van der Waals surface area contributed by atoms with Gasteiger partial charge in [0.1, 0.15) is 23.0 Å². The van der Waals surface area contributed by atoms with Gasteiger partial charge in [0.15, 0.2) is 0 Å². The maximum atomic E-state index is 5.99. The number of allylic oxidation sites excluding steroid dienone is 4. The van der Waals surface area contributed by atoms with Gasteiger partial charge in [0.05, 0.1) is 0 Å². The fourth-order valence-corrected chi connectivity index (χ4v) is 3.71. The van der Waals surface area contributed by atoms with E-state index in [0.717, 1.165) is 47.2 Å². The van der Waals surface area contributed by atoms with E-state index in [9.17, 15) is 0 Å². The summed E-state index contributed by atoms with van der Waals surface area (Å²) in [5.41, 5.74) is 15.5. The van der Waals surface area contributed by atoms with Crippen LogP contribution in [0.3, 0.4) is 0 Å². The Morgan fingerprint density at radius 2 is 1.10 bits per heavy atom. The highest BCUT2D eigenvalue weighted by Crippen LogP contribution is 2.38. The van der Waals surface area contributed by atoms with Crippen LogP contribution in [0.25, 0.3) is 0 Å². The molecular weight excluding hydrogens is 384 g/mol. The van der Waals surface area contributed by atoms with Crippen molar-refractivity contribution >= 4 is 11.4 Å². The highest BCUT2D eigenvalue weighted by atomic mass is 16.5. The molecule has 31 heavy (non-hydrogen) atoms. The van der Waals surface area contributed by atoms with Crippen LogP contribution in [0.5, 0.6) is 17.2 Å². The molecule has 0 saturated heterocycles. The van der Waals surface area contributed by atoms with Crippen LogP contribution in [0.15, 0.2) is 96.3 Å². The summed E-state index contributed by atoms with van der Waals surface area (Å²) in [7, 11) is 0. The van der Waals surface area contributed by atoms with Gasteiger partial charge in [-0.15, -0.1) is 0 Å². The van der Waals surface area contributed by atoms with Gasteiger partial charge in [-0.25, -0.2) is 0 Å². The lowest BCUT2D eigenvalue weighted by molar-refractivity contribution is 0.395. The van der Waals surface area contributed by atoms with Crippen molar-refractivity contribution in [1.82, 2.24) is 0 Å². The summed E-state index contributed by atoms with van der Waals surface area (Å²) in [6, 6.07) is 23.2. The van der Waals surface area contributed by atoms with Crippen molar-refractivity contribution in [2.75, 3.05) is 11.5 Å². The summed E-state index contributed by atoms with van der Waals surface area (Å²) in [5, 5.41) is 0. The zero-order valence-corrected chi connectivity index (χ0v) is 18.0. The first kappa shape index (κ1) is 20.6. The van der Waals surface area contributed by atoms with Gasteiger partial charge in [0.2, 0.25) is 0 Å². The Kier molecular flexibility index (Phi) is 5.72. The second-order valence-electron chi connectivity index (χ2n) is 8.32. The van der Waals surface area contributed by atoms with Crippen molar-refractivity contribution < 1.29 is 9.47 Å². The number of anilines is 2. The number of benzene rings is 3. The van der Waals surface area contributed by atoms with Gasteiger partial charge in [0, 0.05) is 23.2 Å². The van der Waals surface area contributed by atoms with Crippen LogP contribution in [0.4, 0.5) is 11.4 Å². The van der Waals surface area contributed by atoms with E-state index in [1.54, 1.807) is 0 Å². The summed E-state index contributed by atoms with van der Waals surface area (Å²) in [4.78, 5) is 0. The molecule has 0 fully saturated rings. The summed E-state index contributed by atoms with van der Waals surface area (Å²) in [5.74, 6) is 3.36. The van der Waals surface area contributed by atoms with Crippen molar-refractivity contribution in [3.8, 4) is 17.2 Å². The number of nitrogens with two attached hydrogens (primary N) is 2. The Balaban J connectivity index is 1.45. The molecule has 1 aliphatic rings. The Morgan fingerprint density at radius 1 is 0.613 bits per heavy atom. The smallest absolute Gasteiger partial charge is 0.127 e. The normalized spacial score (nSPS) is 13.9. The van der Waals surface area contributed by atoms with Crippen LogP contribution in [-0.2, 0) is 5.41 Å². The quantitative estimate of drug-likeness (QED) is 0.447. The molecule has 0 aromatic heterocycles. The van der Waals surface area contributed by atoms with Gasteiger partial charge in [-0.2, -0.15) is 0 Å². The maximum absolute atomic E-state index is 5.99. The van der Waals surface area contributed by atoms with Gasteiger partial charge in [-0.1, -0.05) is 37.6 Å². The van der Waals surface area contributed by atoms with Crippen LogP contribution >= 0.6 is 0 Å². The predicted octanol–water partition coefficient (Wildman–Crippen LogP) is 6.60. The molecule has 3 aromatic rings. The molecule has 4 heteroatoms. The number of hydrogen-bond donors (Lipinski definition) is 2. The second kappa shape index (κ2) is 8.60. The van der Waals surface area contributed by atoms with Crippen LogP contribution < -0.4 is 20.9 Å². The average molecular weight is 413 g/mol. The molecule has 3 aromatic carbocycles. The standard InChI is InChI=1S/C27H28N2O2/c1-27(2,19-3-11-23(12-4-19)30-25-15-7-21(28)8-16-25)20-5-13-24(14-6-20)31-26-17-9-22(29)10-18-26/h3-5,7-13,15-18H,6,14,28-29H2,1-2H3. The third-order valence-corrected chi connectivity index (χ3v) is 5.73. The van der Waals surface area contributed by atoms with E-state index >= 15 is 0 Å². The first-order valence-corrected chi connectivity index (χ1v) is 10.5. The number of rotatable bonds is 6. The lowest BCUT2D eigenvalue weighted by atomic mass is 9.74. The van der Waals surface area contributed by atoms with Gasteiger partial charge in [-0.3, -0.25) is 0 Å². The van der Waals surface area contributed by atoms with Crippen LogP contribution in [0.2, 0.25) is 0 Å². The Morgan fingerprint density at radius 3 is 1.58 bits per heavy atom. The first-order chi connectivity index (χ1) is 14.9. The maximum Gasteiger partial charge on any atom is 0.127 e. The highest BCUT2D eigenvalue weighted by molar-refractivity contribution is 5.45. The number of hydrogen-bond acceptors (Lipinski definition) is 4. The van der Waals surface area contributed by atoms with Crippen molar-refractivity contribution in [1.29, 1.82) is 0 Å². The minimum atomic E-state index is -0.0804. The summed E-state index contributed by atoms with van der Waals surface area (Å²) < 4.78 is 11.9. The van der Waals surface area contributed by atoms with Gasteiger partial charge >= 0.3 is 0 Å². The molecule has 158 valence electrons. The molecule has 0 saturated carbocycles.